The maximum atomic E-state index is 11.6. The van der Waals surface area contributed by atoms with E-state index in [-0.39, 0.29) is 10.3 Å². The van der Waals surface area contributed by atoms with Gasteiger partial charge in [-0.25, -0.2) is 0 Å². The Morgan fingerprint density at radius 2 is 2.32 bits per heavy atom. The summed E-state index contributed by atoms with van der Waals surface area (Å²) >= 11 is 4.97. The summed E-state index contributed by atoms with van der Waals surface area (Å²) in [6.45, 7) is 2.85. The van der Waals surface area contributed by atoms with E-state index in [1.54, 1.807) is 6.21 Å². The van der Waals surface area contributed by atoms with Crippen molar-refractivity contribution in [2.45, 2.75) is 26.2 Å². The topological polar surface area (TPSA) is 72.3 Å². The number of nitrogens with one attached hydrogen (secondary N) is 1. The van der Waals surface area contributed by atoms with Crippen LogP contribution in [0.3, 0.4) is 0 Å². The highest BCUT2D eigenvalue weighted by molar-refractivity contribution is 7.71. The van der Waals surface area contributed by atoms with Crippen LogP contribution < -0.4 is 10.3 Å². The highest BCUT2D eigenvalue weighted by Gasteiger charge is 1.97. The molecule has 0 radical (unpaired) electrons. The van der Waals surface area contributed by atoms with Crippen molar-refractivity contribution < 1.29 is 4.74 Å². The molecule has 0 unspecified atom stereocenters. The molecule has 6 nitrogen and oxygen atoms in total. The first-order chi connectivity index (χ1) is 10.7. The smallest absolute Gasteiger partial charge is 0.293 e. The molecule has 116 valence electrons. The molecule has 7 heteroatoms. The Morgan fingerprint density at radius 3 is 3.09 bits per heavy atom. The molecular weight excluding hydrogens is 300 g/mol. The van der Waals surface area contributed by atoms with E-state index < -0.39 is 0 Å². The zero-order valence-corrected chi connectivity index (χ0v) is 13.2. The van der Waals surface area contributed by atoms with Crippen LogP contribution in [0.15, 0.2) is 40.4 Å². The number of H-pyrrole nitrogens is 1. The lowest BCUT2D eigenvalue weighted by atomic mass is 10.2. The minimum absolute atomic E-state index is 0.149. The number of hydrogen-bond acceptors (Lipinski definition) is 5. The van der Waals surface area contributed by atoms with Crippen LogP contribution in [0.2, 0.25) is 0 Å². The van der Waals surface area contributed by atoms with Crippen molar-refractivity contribution >= 4 is 18.4 Å². The molecule has 0 fully saturated rings. The molecule has 0 amide bonds. The van der Waals surface area contributed by atoms with Crippen molar-refractivity contribution in [1.29, 1.82) is 0 Å². The van der Waals surface area contributed by atoms with Crippen molar-refractivity contribution in [1.82, 2.24) is 14.9 Å². The normalized spacial score (nSPS) is 11.0. The van der Waals surface area contributed by atoms with Gasteiger partial charge in [0.1, 0.15) is 11.9 Å². The molecule has 1 aromatic heterocycles. The summed E-state index contributed by atoms with van der Waals surface area (Å²) in [6, 6.07) is 7.52. The number of rotatable bonds is 7. The second-order valence-electron chi connectivity index (χ2n) is 4.70. The van der Waals surface area contributed by atoms with Crippen LogP contribution in [0.4, 0.5) is 0 Å². The lowest BCUT2D eigenvalue weighted by Gasteiger charge is -2.06. The maximum Gasteiger partial charge on any atom is 0.293 e. The molecule has 0 aliphatic heterocycles. The minimum atomic E-state index is -0.382. The van der Waals surface area contributed by atoms with Gasteiger partial charge in [-0.3, -0.25) is 9.89 Å². The van der Waals surface area contributed by atoms with Gasteiger partial charge >= 0.3 is 0 Å². The summed E-state index contributed by atoms with van der Waals surface area (Å²) in [6.07, 6.45) is 6.04. The van der Waals surface area contributed by atoms with Crippen LogP contribution in [0.1, 0.15) is 31.7 Å². The molecular formula is C15H18N4O2S. The number of nitrogens with zero attached hydrogens (tertiary/aromatic N) is 3. The second-order valence-corrected chi connectivity index (χ2v) is 5.08. The molecule has 22 heavy (non-hydrogen) atoms. The Morgan fingerprint density at radius 1 is 1.45 bits per heavy atom. The first kappa shape index (κ1) is 16.1. The summed E-state index contributed by atoms with van der Waals surface area (Å²) in [5.74, 6) is 0.785. The number of aromatic nitrogens is 3. The van der Waals surface area contributed by atoms with Gasteiger partial charge < -0.3 is 4.74 Å². The van der Waals surface area contributed by atoms with Crippen molar-refractivity contribution in [3.63, 3.8) is 0 Å². The molecule has 0 aliphatic carbocycles. The third kappa shape index (κ3) is 4.63. The van der Waals surface area contributed by atoms with Gasteiger partial charge in [-0.15, -0.1) is 0 Å². The molecule has 2 aromatic rings. The zero-order valence-electron chi connectivity index (χ0n) is 12.4. The lowest BCUT2D eigenvalue weighted by Crippen LogP contribution is -2.18. The molecule has 0 saturated carbocycles. The second kappa shape index (κ2) is 8.23. The summed E-state index contributed by atoms with van der Waals surface area (Å²) in [7, 11) is 0. The standard InChI is InChI=1S/C15H18N4O2S/c1-2-3-4-8-21-13-7-5-6-12(9-13)10-17-19-14(20)11-16-18-15(19)22/h5-7,9-11H,2-4,8H2,1H3,(H,18,22)/b17-10+. The molecule has 1 aromatic carbocycles. The Bertz CT molecular complexity index is 723. The van der Waals surface area contributed by atoms with Gasteiger partial charge in [0.25, 0.3) is 5.56 Å². The molecule has 1 heterocycles. The highest BCUT2D eigenvalue weighted by atomic mass is 32.1. The summed E-state index contributed by atoms with van der Waals surface area (Å²) in [5, 5.41) is 10.2. The molecule has 2 rings (SSSR count). The molecule has 1 N–H and O–H groups in total. The lowest BCUT2D eigenvalue weighted by molar-refractivity contribution is 0.306. The van der Waals surface area contributed by atoms with E-state index >= 15 is 0 Å². The number of benzene rings is 1. The average Bonchev–Trinajstić information content (AvgIpc) is 2.52. The van der Waals surface area contributed by atoms with Gasteiger partial charge in [-0.1, -0.05) is 31.9 Å². The Hall–Kier alpha value is -2.28. The fourth-order valence-electron chi connectivity index (χ4n) is 1.81. The SMILES string of the molecule is CCCCCOc1cccc(/C=N/n2c(=O)cn[nH]c2=S)c1. The van der Waals surface area contributed by atoms with Crippen LogP contribution in [-0.2, 0) is 0 Å². The maximum absolute atomic E-state index is 11.6. The van der Waals surface area contributed by atoms with E-state index in [2.05, 4.69) is 22.2 Å². The molecule has 0 bridgehead atoms. The van der Waals surface area contributed by atoms with Gasteiger partial charge in [0.05, 0.1) is 12.8 Å². The van der Waals surface area contributed by atoms with E-state index in [0.29, 0.717) is 6.61 Å². The number of hydrogen-bond donors (Lipinski definition) is 1. The fourth-order valence-corrected chi connectivity index (χ4v) is 2.00. The van der Waals surface area contributed by atoms with Gasteiger partial charge in [0.2, 0.25) is 4.77 Å². The van der Waals surface area contributed by atoms with Crippen molar-refractivity contribution in [2.75, 3.05) is 6.61 Å². The monoisotopic (exact) mass is 318 g/mol. The zero-order chi connectivity index (χ0) is 15.8. The van der Waals surface area contributed by atoms with Crippen LogP contribution in [-0.4, -0.2) is 27.7 Å². The Kier molecular flexibility index (Phi) is 6.02. The largest absolute Gasteiger partial charge is 0.494 e. The van der Waals surface area contributed by atoms with Crippen LogP contribution in [0.5, 0.6) is 5.75 Å². The van der Waals surface area contributed by atoms with Gasteiger partial charge in [-0.2, -0.15) is 14.9 Å². The highest BCUT2D eigenvalue weighted by Crippen LogP contribution is 2.12. The number of unbranched alkanes of at least 4 members (excludes halogenated alkanes) is 2. The molecule has 0 aliphatic rings. The van der Waals surface area contributed by atoms with Crippen molar-refractivity contribution in [2.24, 2.45) is 5.10 Å². The summed E-state index contributed by atoms with van der Waals surface area (Å²) < 4.78 is 6.91. The van der Waals surface area contributed by atoms with Crippen LogP contribution in [0.25, 0.3) is 0 Å². The van der Waals surface area contributed by atoms with Gasteiger partial charge in [-0.05, 0) is 36.3 Å². The van der Waals surface area contributed by atoms with E-state index in [1.165, 1.54) is 0 Å². The van der Waals surface area contributed by atoms with E-state index in [0.717, 1.165) is 41.4 Å². The van der Waals surface area contributed by atoms with Crippen LogP contribution in [0, 0.1) is 4.77 Å². The average molecular weight is 318 g/mol. The minimum Gasteiger partial charge on any atom is -0.494 e. The van der Waals surface area contributed by atoms with Gasteiger partial charge in [0, 0.05) is 0 Å². The molecule has 0 saturated heterocycles. The first-order valence-electron chi connectivity index (χ1n) is 7.14. The van der Waals surface area contributed by atoms with E-state index in [4.69, 9.17) is 17.0 Å². The summed E-state index contributed by atoms with van der Waals surface area (Å²) in [4.78, 5) is 11.6. The molecule has 0 atom stereocenters. The van der Waals surface area contributed by atoms with Crippen molar-refractivity contribution in [3.8, 4) is 5.75 Å². The Balaban J connectivity index is 2.08. The molecule has 0 spiro atoms. The predicted molar refractivity (Wildman–Crippen MR) is 88.1 cm³/mol. The third-order valence-corrected chi connectivity index (χ3v) is 3.20. The predicted octanol–water partition coefficient (Wildman–Crippen LogP) is 2.75. The number of ether oxygens (including phenoxy) is 1. The van der Waals surface area contributed by atoms with E-state index in [9.17, 15) is 4.79 Å². The summed E-state index contributed by atoms with van der Waals surface area (Å²) in [5.41, 5.74) is 0.443. The fraction of sp³-hybridized carbons (Fsp3) is 0.333. The number of aromatic amines is 1. The third-order valence-electron chi connectivity index (χ3n) is 2.93. The quantitative estimate of drug-likeness (QED) is 0.484. The van der Waals surface area contributed by atoms with Gasteiger partial charge in [0.15, 0.2) is 0 Å². The van der Waals surface area contributed by atoms with Crippen molar-refractivity contribution in [3.05, 3.63) is 51.2 Å². The van der Waals surface area contributed by atoms with E-state index in [1.807, 2.05) is 24.3 Å². The van der Waals surface area contributed by atoms with Crippen LogP contribution >= 0.6 is 12.2 Å². The Labute approximate surface area is 133 Å². The first-order valence-corrected chi connectivity index (χ1v) is 7.55.